The Morgan fingerprint density at radius 1 is 1.37 bits per heavy atom. The lowest BCUT2D eigenvalue weighted by Gasteiger charge is -2.05. The van der Waals surface area contributed by atoms with Gasteiger partial charge < -0.3 is 14.4 Å². The third-order valence-electron chi connectivity index (χ3n) is 2.88. The average molecular weight is 259 g/mol. The largest absolute Gasteiger partial charge is 0.454 e. The number of rotatable bonds is 1. The summed E-state index contributed by atoms with van der Waals surface area (Å²) in [7, 11) is 0. The number of ether oxygens (including phenoxy) is 2. The van der Waals surface area contributed by atoms with Crippen molar-refractivity contribution < 1.29 is 19.1 Å². The summed E-state index contributed by atoms with van der Waals surface area (Å²) in [5, 5.41) is 10.8. The van der Waals surface area contributed by atoms with Gasteiger partial charge in [-0.1, -0.05) is 0 Å². The summed E-state index contributed by atoms with van der Waals surface area (Å²) in [4.78, 5) is 24.7. The molecule has 1 N–H and O–H groups in total. The highest BCUT2D eigenvalue weighted by Gasteiger charge is 2.39. The second-order valence-electron chi connectivity index (χ2n) is 4.12. The van der Waals surface area contributed by atoms with Crippen LogP contribution in [0.3, 0.4) is 0 Å². The Morgan fingerprint density at radius 2 is 2.16 bits per heavy atom. The third kappa shape index (κ3) is 2.04. The van der Waals surface area contributed by atoms with E-state index in [4.69, 9.17) is 14.7 Å². The van der Waals surface area contributed by atoms with Gasteiger partial charge in [-0.05, 0) is 18.2 Å². The van der Waals surface area contributed by atoms with Crippen molar-refractivity contribution in [3.63, 3.8) is 0 Å². The molecule has 1 unspecified atom stereocenters. The molecule has 7 nitrogen and oxygen atoms in total. The van der Waals surface area contributed by atoms with Gasteiger partial charge in [0.2, 0.25) is 6.79 Å². The number of nitrogens with one attached hydrogen (secondary N) is 1. The molecule has 1 fully saturated rings. The Labute approximate surface area is 108 Å². The molecular weight excluding hydrogens is 250 g/mol. The molecule has 0 aliphatic carbocycles. The molecule has 0 saturated carbocycles. The number of nitrogens with zero attached hydrogens (tertiary/aromatic N) is 2. The van der Waals surface area contributed by atoms with E-state index in [1.807, 2.05) is 6.07 Å². The van der Waals surface area contributed by atoms with Crippen molar-refractivity contribution in [2.24, 2.45) is 0 Å². The topological polar surface area (TPSA) is 91.4 Å². The maximum Gasteiger partial charge on any atom is 0.325 e. The first kappa shape index (κ1) is 11.3. The fraction of sp³-hybridized carbons (Fsp3) is 0.250. The fourth-order valence-corrected chi connectivity index (χ4v) is 1.75. The quantitative estimate of drug-likeness (QED) is 0.740. The first-order chi connectivity index (χ1) is 9.19. The van der Waals surface area contributed by atoms with E-state index in [0.29, 0.717) is 23.6 Å². The summed E-state index contributed by atoms with van der Waals surface area (Å²) in [5.41, 5.74) is 0.299. The van der Waals surface area contributed by atoms with Gasteiger partial charge in [0.05, 0.1) is 12.6 Å². The summed E-state index contributed by atoms with van der Waals surface area (Å²) in [6.07, 6.45) is 0. The summed E-state index contributed by atoms with van der Waals surface area (Å²) in [6.45, 7) is 0.480. The molecular formula is C12H9N3O4. The van der Waals surface area contributed by atoms with Crippen molar-refractivity contribution in [1.82, 2.24) is 10.2 Å². The van der Waals surface area contributed by atoms with Gasteiger partial charge in [0.15, 0.2) is 11.5 Å². The summed E-state index contributed by atoms with van der Waals surface area (Å²) in [6, 6.07) is 5.61. The third-order valence-corrected chi connectivity index (χ3v) is 2.88. The van der Waals surface area contributed by atoms with Crippen LogP contribution in [0.5, 0.6) is 11.5 Å². The molecule has 1 aromatic carbocycles. The maximum absolute atomic E-state index is 11.8. The Balaban J connectivity index is 1.68. The molecule has 2 aliphatic heterocycles. The van der Waals surface area contributed by atoms with Gasteiger partial charge in [0, 0.05) is 5.56 Å². The number of imide groups is 1. The number of urea groups is 1. The van der Waals surface area contributed by atoms with Crippen LogP contribution in [0.2, 0.25) is 0 Å². The predicted octanol–water partition coefficient (Wildman–Crippen LogP) is 0.473. The first-order valence-corrected chi connectivity index (χ1v) is 5.60. The van der Waals surface area contributed by atoms with Crippen LogP contribution in [0.15, 0.2) is 18.2 Å². The molecule has 2 heterocycles. The highest BCUT2D eigenvalue weighted by atomic mass is 16.7. The monoisotopic (exact) mass is 259 g/mol. The number of carbonyl (C=O) groups is 2. The number of benzene rings is 1. The molecule has 96 valence electrons. The lowest BCUT2D eigenvalue weighted by molar-refractivity contribution is 0.0959. The molecule has 3 amide bonds. The van der Waals surface area contributed by atoms with Crippen LogP contribution in [0, 0.1) is 11.3 Å². The van der Waals surface area contributed by atoms with E-state index in [-0.39, 0.29) is 6.79 Å². The predicted molar refractivity (Wildman–Crippen MR) is 61.5 cm³/mol. The lowest BCUT2D eigenvalue weighted by atomic mass is 10.2. The molecule has 2 aliphatic rings. The second kappa shape index (κ2) is 4.17. The van der Waals surface area contributed by atoms with Gasteiger partial charge in [-0.2, -0.15) is 5.26 Å². The molecule has 1 saturated heterocycles. The number of hydrogen-bond acceptors (Lipinski definition) is 5. The molecule has 1 atom stereocenters. The van der Waals surface area contributed by atoms with Gasteiger partial charge in [0.1, 0.15) is 6.04 Å². The van der Waals surface area contributed by atoms with Crippen molar-refractivity contribution in [3.05, 3.63) is 23.8 Å². The Hall–Kier alpha value is -2.75. The van der Waals surface area contributed by atoms with Crippen LogP contribution in [0.4, 0.5) is 4.79 Å². The number of hydrogen-bond donors (Lipinski definition) is 1. The second-order valence-corrected chi connectivity index (χ2v) is 4.12. The fourth-order valence-electron chi connectivity index (χ4n) is 1.75. The summed E-state index contributed by atoms with van der Waals surface area (Å²) < 4.78 is 10.3. The minimum Gasteiger partial charge on any atom is -0.454 e. The summed E-state index contributed by atoms with van der Waals surface area (Å²) >= 11 is 0. The molecule has 7 heteroatoms. The molecule has 1 aromatic rings. The minimum atomic E-state index is -0.561. The highest BCUT2D eigenvalue weighted by molar-refractivity contribution is 6.05. The molecule has 0 radical (unpaired) electrons. The van der Waals surface area contributed by atoms with Crippen LogP contribution < -0.4 is 14.8 Å². The average Bonchev–Trinajstić information content (AvgIpc) is 3.07. The van der Waals surface area contributed by atoms with Gasteiger partial charge >= 0.3 is 6.03 Å². The molecule has 0 bridgehead atoms. The van der Waals surface area contributed by atoms with Crippen LogP contribution in [-0.2, 0) is 0 Å². The van der Waals surface area contributed by atoms with Crippen molar-refractivity contribution in [2.75, 3.05) is 13.3 Å². The Bertz CT molecular complexity index is 607. The normalized spacial score (nSPS) is 18.7. The molecule has 3 rings (SSSR count). The first-order valence-electron chi connectivity index (χ1n) is 5.60. The van der Waals surface area contributed by atoms with Crippen molar-refractivity contribution >= 4 is 11.9 Å². The minimum absolute atomic E-state index is 0.122. The number of nitriles is 1. The van der Waals surface area contributed by atoms with Gasteiger partial charge in [0.25, 0.3) is 5.91 Å². The SMILES string of the molecule is N#CC1CN1C(=O)NC(=O)c1ccc2c(c1)OCO2. The Kier molecular flexibility index (Phi) is 2.49. The van der Waals surface area contributed by atoms with Crippen molar-refractivity contribution in [3.8, 4) is 17.6 Å². The Morgan fingerprint density at radius 3 is 2.89 bits per heavy atom. The van der Waals surface area contributed by atoms with E-state index >= 15 is 0 Å². The number of carbonyl (C=O) groups excluding carboxylic acids is 2. The van der Waals surface area contributed by atoms with Crippen LogP contribution >= 0.6 is 0 Å². The van der Waals surface area contributed by atoms with E-state index in [1.165, 1.54) is 11.0 Å². The van der Waals surface area contributed by atoms with Gasteiger partial charge in [-0.3, -0.25) is 10.1 Å². The summed E-state index contributed by atoms with van der Waals surface area (Å²) in [5.74, 6) is 0.506. The number of amides is 3. The zero-order chi connectivity index (χ0) is 13.4. The molecule has 19 heavy (non-hydrogen) atoms. The van der Waals surface area contributed by atoms with Crippen molar-refractivity contribution in [2.45, 2.75) is 6.04 Å². The molecule has 0 spiro atoms. The van der Waals surface area contributed by atoms with E-state index in [9.17, 15) is 9.59 Å². The van der Waals surface area contributed by atoms with E-state index in [1.54, 1.807) is 12.1 Å². The van der Waals surface area contributed by atoms with Crippen LogP contribution in [-0.4, -0.2) is 36.2 Å². The van der Waals surface area contributed by atoms with Crippen LogP contribution in [0.25, 0.3) is 0 Å². The zero-order valence-corrected chi connectivity index (χ0v) is 9.75. The highest BCUT2D eigenvalue weighted by Crippen LogP contribution is 2.32. The number of fused-ring (bicyclic) bond motifs is 1. The van der Waals surface area contributed by atoms with Gasteiger partial charge in [-0.15, -0.1) is 0 Å². The lowest BCUT2D eigenvalue weighted by Crippen LogP contribution is -2.34. The van der Waals surface area contributed by atoms with Crippen LogP contribution in [0.1, 0.15) is 10.4 Å². The van der Waals surface area contributed by atoms with E-state index < -0.39 is 18.0 Å². The zero-order valence-electron chi connectivity index (χ0n) is 9.75. The smallest absolute Gasteiger partial charge is 0.325 e. The van der Waals surface area contributed by atoms with Crippen molar-refractivity contribution in [1.29, 1.82) is 5.26 Å². The maximum atomic E-state index is 11.8. The van der Waals surface area contributed by atoms with E-state index in [2.05, 4.69) is 5.32 Å². The molecule has 0 aromatic heterocycles. The van der Waals surface area contributed by atoms with E-state index in [0.717, 1.165) is 0 Å². The standard InChI is InChI=1S/C12H9N3O4/c13-4-8-5-15(8)12(17)14-11(16)7-1-2-9-10(3-7)19-6-18-9/h1-3,8H,5-6H2,(H,14,16,17). The van der Waals surface area contributed by atoms with Gasteiger partial charge in [-0.25, -0.2) is 4.79 Å².